The second kappa shape index (κ2) is 13.7. The molecule has 0 saturated carbocycles. The highest BCUT2D eigenvalue weighted by molar-refractivity contribution is 5.87. The lowest BCUT2D eigenvalue weighted by Gasteiger charge is -2.24. The molecule has 0 fully saturated rings. The number of rotatable bonds is 13. The Morgan fingerprint density at radius 3 is 2.11 bits per heavy atom. The predicted molar refractivity (Wildman–Crippen MR) is 166 cm³/mol. The summed E-state index contributed by atoms with van der Waals surface area (Å²) in [5, 5.41) is 0. The van der Waals surface area contributed by atoms with E-state index < -0.39 is 0 Å². The number of carbonyl (C=O) groups excluding carboxylic acids is 1. The van der Waals surface area contributed by atoms with E-state index in [4.69, 9.17) is 28.7 Å². The molecule has 228 valence electrons. The molecular weight excluding hydrogens is 558 g/mol. The third kappa shape index (κ3) is 6.73. The molecule has 0 aliphatic carbocycles. The maximum atomic E-state index is 12.4. The number of aromatic nitrogens is 2. The smallest absolute Gasteiger partial charge is 0.330 e. The molecule has 2 aliphatic heterocycles. The molecule has 4 aromatic rings. The summed E-state index contributed by atoms with van der Waals surface area (Å²) in [4.78, 5) is 19.8. The van der Waals surface area contributed by atoms with Gasteiger partial charge in [0.2, 0.25) is 13.6 Å². The van der Waals surface area contributed by atoms with Gasteiger partial charge in [0, 0.05) is 37.8 Å². The van der Waals surface area contributed by atoms with E-state index in [9.17, 15) is 4.79 Å². The topological polar surface area (TPSA) is 84.3 Å². The van der Waals surface area contributed by atoms with Crippen LogP contribution >= 0.6 is 0 Å². The average Bonchev–Trinajstić information content (AvgIpc) is 3.78. The first kappa shape index (κ1) is 29.3. The number of ether oxygens (including phenoxy) is 5. The van der Waals surface area contributed by atoms with Crippen LogP contribution < -0.4 is 18.9 Å². The van der Waals surface area contributed by atoms with Gasteiger partial charge in [0.25, 0.3) is 0 Å². The highest BCUT2D eigenvalue weighted by Crippen LogP contribution is 2.35. The summed E-state index contributed by atoms with van der Waals surface area (Å²) >= 11 is 0. The lowest BCUT2D eigenvalue weighted by molar-refractivity contribution is -0.137. The van der Waals surface area contributed by atoms with E-state index >= 15 is 0 Å². The first-order valence-electron chi connectivity index (χ1n) is 15.1. The molecule has 0 unspecified atom stereocenters. The molecule has 0 N–H and O–H groups in total. The Hall–Kier alpha value is -4.76. The lowest BCUT2D eigenvalue weighted by atomic mass is 10.1. The fourth-order valence-electron chi connectivity index (χ4n) is 5.48. The number of carbonyl (C=O) groups is 1. The van der Waals surface area contributed by atoms with E-state index in [2.05, 4.69) is 40.7 Å². The summed E-state index contributed by atoms with van der Waals surface area (Å²) in [6.07, 6.45) is 5.28. The number of nitrogens with zero attached hydrogens (tertiary/aromatic N) is 3. The van der Waals surface area contributed by atoms with Crippen LogP contribution in [0.4, 0.5) is 0 Å². The van der Waals surface area contributed by atoms with Gasteiger partial charge in [-0.15, -0.1) is 0 Å². The first-order chi connectivity index (χ1) is 21.6. The summed E-state index contributed by atoms with van der Waals surface area (Å²) in [5.41, 5.74) is 5.00. The van der Waals surface area contributed by atoms with Gasteiger partial charge >= 0.3 is 5.97 Å². The lowest BCUT2D eigenvalue weighted by Crippen LogP contribution is -2.24. The second-order valence-electron chi connectivity index (χ2n) is 10.7. The number of esters is 1. The van der Waals surface area contributed by atoms with E-state index in [1.165, 1.54) is 6.08 Å². The highest BCUT2D eigenvalue weighted by atomic mass is 16.7. The van der Waals surface area contributed by atoms with Crippen LogP contribution in [0.25, 0.3) is 17.5 Å². The van der Waals surface area contributed by atoms with Crippen molar-refractivity contribution in [1.82, 2.24) is 14.5 Å². The van der Waals surface area contributed by atoms with Crippen LogP contribution in [0.15, 0.2) is 72.8 Å². The van der Waals surface area contributed by atoms with Crippen molar-refractivity contribution in [3.8, 4) is 34.4 Å². The monoisotopic (exact) mass is 595 g/mol. The Labute approximate surface area is 257 Å². The van der Waals surface area contributed by atoms with Gasteiger partial charge in [-0.3, -0.25) is 4.90 Å². The van der Waals surface area contributed by atoms with Crippen LogP contribution in [-0.2, 0) is 35.7 Å². The Morgan fingerprint density at radius 1 is 0.864 bits per heavy atom. The largest absolute Gasteiger partial charge is 0.463 e. The van der Waals surface area contributed by atoms with E-state index in [-0.39, 0.29) is 19.6 Å². The summed E-state index contributed by atoms with van der Waals surface area (Å²) in [6, 6.07) is 22.4. The molecule has 0 spiro atoms. The number of fused-ring (bicyclic) bond motifs is 2. The van der Waals surface area contributed by atoms with Gasteiger partial charge in [-0.2, -0.15) is 0 Å². The molecule has 0 bridgehead atoms. The van der Waals surface area contributed by atoms with E-state index in [1.807, 2.05) is 42.5 Å². The summed E-state index contributed by atoms with van der Waals surface area (Å²) < 4.78 is 29.9. The van der Waals surface area contributed by atoms with Crippen LogP contribution in [0.3, 0.4) is 0 Å². The van der Waals surface area contributed by atoms with Crippen molar-refractivity contribution in [3.63, 3.8) is 0 Å². The van der Waals surface area contributed by atoms with Crippen LogP contribution in [-0.4, -0.2) is 40.6 Å². The molecule has 0 atom stereocenters. The van der Waals surface area contributed by atoms with Gasteiger partial charge in [-0.25, -0.2) is 9.78 Å². The Balaban J connectivity index is 1.40. The van der Waals surface area contributed by atoms with Crippen molar-refractivity contribution in [1.29, 1.82) is 0 Å². The quantitative estimate of drug-likeness (QED) is 0.127. The number of benzene rings is 3. The second-order valence-corrected chi connectivity index (χ2v) is 10.7. The number of hydrogen-bond acceptors (Lipinski definition) is 8. The molecule has 3 aromatic carbocycles. The normalized spacial score (nSPS) is 13.2. The first-order valence-corrected chi connectivity index (χ1v) is 15.1. The van der Waals surface area contributed by atoms with Crippen molar-refractivity contribution in [3.05, 3.63) is 95.3 Å². The summed E-state index contributed by atoms with van der Waals surface area (Å²) in [5.74, 6) is 3.51. The molecular formula is C35H37N3O6. The standard InChI is InChI=1S/C35H37N3O6/c1-3-5-17-38-29(28(13-16-34(39)40-4-2)36-35(38)27-9-7-6-8-10-27)22-37(20-25-11-14-30-32(18-25)43-23-41-30)21-26-12-15-31-33(19-26)44-24-42-31/h6-16,18-19H,3-5,17,20-24H2,1-2H3. The van der Waals surface area contributed by atoms with Crippen molar-refractivity contribution in [2.75, 3.05) is 20.2 Å². The minimum absolute atomic E-state index is 0.231. The van der Waals surface area contributed by atoms with Crippen LogP contribution in [0.5, 0.6) is 23.0 Å². The zero-order valence-electron chi connectivity index (χ0n) is 25.2. The SMILES string of the molecule is CCCCn1c(-c2ccccc2)nc(C=CC(=O)OCC)c1CN(Cc1ccc2c(c1)OCO2)Cc1ccc2c(c1)OCO2. The molecule has 9 nitrogen and oxygen atoms in total. The maximum Gasteiger partial charge on any atom is 0.330 e. The fraction of sp³-hybridized carbons (Fsp3) is 0.314. The Bertz CT molecular complexity index is 1570. The van der Waals surface area contributed by atoms with Crippen molar-refractivity contribution in [2.45, 2.75) is 52.9 Å². The minimum Gasteiger partial charge on any atom is -0.463 e. The molecule has 6 rings (SSSR count). The van der Waals surface area contributed by atoms with Gasteiger partial charge in [0.1, 0.15) is 5.82 Å². The van der Waals surface area contributed by atoms with Crippen LogP contribution in [0, 0.1) is 0 Å². The number of hydrogen-bond donors (Lipinski definition) is 0. The summed E-state index contributed by atoms with van der Waals surface area (Å²) in [7, 11) is 0. The molecule has 0 amide bonds. The zero-order valence-corrected chi connectivity index (χ0v) is 25.2. The number of unbranched alkanes of at least 4 members (excludes halogenated alkanes) is 1. The molecule has 9 heteroatoms. The van der Waals surface area contributed by atoms with Crippen LogP contribution in [0.2, 0.25) is 0 Å². The third-order valence-corrected chi connectivity index (χ3v) is 7.59. The van der Waals surface area contributed by atoms with Gasteiger partial charge in [0.05, 0.1) is 18.0 Å². The van der Waals surface area contributed by atoms with E-state index in [1.54, 1.807) is 13.0 Å². The van der Waals surface area contributed by atoms with Gasteiger partial charge < -0.3 is 28.3 Å². The van der Waals surface area contributed by atoms with Crippen LogP contribution in [0.1, 0.15) is 49.2 Å². The fourth-order valence-corrected chi connectivity index (χ4v) is 5.48. The van der Waals surface area contributed by atoms with Gasteiger partial charge in [-0.05, 0) is 54.8 Å². The molecule has 3 heterocycles. The van der Waals surface area contributed by atoms with Crippen molar-refractivity contribution >= 4 is 12.0 Å². The maximum absolute atomic E-state index is 12.4. The van der Waals surface area contributed by atoms with E-state index in [0.29, 0.717) is 26.2 Å². The zero-order chi connectivity index (χ0) is 30.3. The molecule has 0 saturated heterocycles. The number of imidazole rings is 1. The van der Waals surface area contributed by atoms with Crippen molar-refractivity contribution in [2.24, 2.45) is 0 Å². The summed E-state index contributed by atoms with van der Waals surface area (Å²) in [6.45, 7) is 7.43. The predicted octanol–water partition coefficient (Wildman–Crippen LogP) is 6.59. The van der Waals surface area contributed by atoms with Gasteiger partial charge in [0.15, 0.2) is 23.0 Å². The Kier molecular flexibility index (Phi) is 9.12. The molecule has 44 heavy (non-hydrogen) atoms. The van der Waals surface area contributed by atoms with E-state index in [0.717, 1.165) is 76.3 Å². The minimum atomic E-state index is -0.389. The third-order valence-electron chi connectivity index (χ3n) is 7.59. The molecule has 2 aliphatic rings. The molecule has 0 radical (unpaired) electrons. The average molecular weight is 596 g/mol. The van der Waals surface area contributed by atoms with Crippen molar-refractivity contribution < 1.29 is 28.5 Å². The molecule has 1 aromatic heterocycles. The Morgan fingerprint density at radius 2 is 1.50 bits per heavy atom. The van der Waals surface area contributed by atoms with Gasteiger partial charge in [-0.1, -0.05) is 55.8 Å². The highest BCUT2D eigenvalue weighted by Gasteiger charge is 2.22.